The summed E-state index contributed by atoms with van der Waals surface area (Å²) in [7, 11) is 0. The van der Waals surface area contributed by atoms with Gasteiger partial charge in [-0.05, 0) is 37.3 Å². The van der Waals surface area contributed by atoms with Gasteiger partial charge in [0, 0.05) is 36.8 Å². The first-order valence-electron chi connectivity index (χ1n) is 7.46. The first kappa shape index (κ1) is 16.3. The van der Waals surface area contributed by atoms with Crippen LogP contribution in [0.3, 0.4) is 0 Å². The van der Waals surface area contributed by atoms with Gasteiger partial charge in [-0.25, -0.2) is 4.39 Å². The van der Waals surface area contributed by atoms with Crippen LogP contribution in [-0.4, -0.2) is 41.4 Å². The third-order valence-electron chi connectivity index (χ3n) is 3.82. The van der Waals surface area contributed by atoms with Crippen LogP contribution >= 0.6 is 11.8 Å². The minimum atomic E-state index is -0.226. The Bertz CT molecular complexity index is 467. The summed E-state index contributed by atoms with van der Waals surface area (Å²) in [6.45, 7) is 1.75. The molecule has 0 aromatic heterocycles. The Labute approximate surface area is 129 Å². The van der Waals surface area contributed by atoms with Gasteiger partial charge in [0.05, 0.1) is 0 Å². The van der Waals surface area contributed by atoms with Crippen molar-refractivity contribution in [1.29, 1.82) is 0 Å². The Morgan fingerprint density at radius 2 is 2.24 bits per heavy atom. The maximum absolute atomic E-state index is 13.5. The molecule has 1 fully saturated rings. The summed E-state index contributed by atoms with van der Waals surface area (Å²) in [4.78, 5) is 14.7. The summed E-state index contributed by atoms with van der Waals surface area (Å²) in [5.74, 6) is 0.935. The highest BCUT2D eigenvalue weighted by Crippen LogP contribution is 2.23. The fraction of sp³-hybridized carbons (Fsp3) is 0.562. The number of rotatable bonds is 6. The fourth-order valence-electron chi connectivity index (χ4n) is 2.68. The Morgan fingerprint density at radius 1 is 1.43 bits per heavy atom. The van der Waals surface area contributed by atoms with E-state index < -0.39 is 0 Å². The largest absolute Gasteiger partial charge is 0.396 e. The molecule has 3 nitrogen and oxygen atoms in total. The zero-order chi connectivity index (χ0) is 15.1. The third-order valence-corrected chi connectivity index (χ3v) is 4.87. The molecule has 0 aliphatic carbocycles. The predicted molar refractivity (Wildman–Crippen MR) is 82.7 cm³/mol. The van der Waals surface area contributed by atoms with Crippen LogP contribution in [-0.2, 0) is 4.79 Å². The van der Waals surface area contributed by atoms with E-state index >= 15 is 0 Å². The zero-order valence-electron chi connectivity index (χ0n) is 12.1. The number of amides is 1. The number of nitrogens with zero attached hydrogens (tertiary/aromatic N) is 1. The van der Waals surface area contributed by atoms with Gasteiger partial charge >= 0.3 is 0 Å². The van der Waals surface area contributed by atoms with Crippen molar-refractivity contribution in [3.05, 3.63) is 30.1 Å². The highest BCUT2D eigenvalue weighted by Gasteiger charge is 2.22. The van der Waals surface area contributed by atoms with E-state index in [9.17, 15) is 9.18 Å². The van der Waals surface area contributed by atoms with E-state index in [1.807, 2.05) is 4.90 Å². The van der Waals surface area contributed by atoms with Crippen molar-refractivity contribution < 1.29 is 14.3 Å². The predicted octanol–water partition coefficient (Wildman–Crippen LogP) is 2.93. The third kappa shape index (κ3) is 5.00. The molecule has 116 valence electrons. The van der Waals surface area contributed by atoms with Gasteiger partial charge < -0.3 is 10.0 Å². The molecule has 0 saturated carbocycles. The average Bonchev–Trinajstić information content (AvgIpc) is 2.50. The van der Waals surface area contributed by atoms with Crippen LogP contribution in [0.1, 0.15) is 25.7 Å². The minimum absolute atomic E-state index is 0.140. The molecule has 1 amide bonds. The quantitative estimate of drug-likeness (QED) is 0.821. The van der Waals surface area contributed by atoms with Crippen molar-refractivity contribution in [2.24, 2.45) is 5.92 Å². The lowest BCUT2D eigenvalue weighted by atomic mass is 9.95. The molecule has 1 saturated heterocycles. The van der Waals surface area contributed by atoms with Crippen LogP contribution in [0.2, 0.25) is 0 Å². The van der Waals surface area contributed by atoms with E-state index in [1.54, 1.807) is 18.2 Å². The molecule has 1 aliphatic heterocycles. The Hall–Kier alpha value is -1.07. The van der Waals surface area contributed by atoms with Gasteiger partial charge in [0.15, 0.2) is 0 Å². The fourth-order valence-corrected chi connectivity index (χ4v) is 3.56. The lowest BCUT2D eigenvalue weighted by molar-refractivity contribution is -0.132. The van der Waals surface area contributed by atoms with Gasteiger partial charge in [-0.15, -0.1) is 11.8 Å². The number of benzene rings is 1. The Morgan fingerprint density at radius 3 is 3.00 bits per heavy atom. The summed E-state index contributed by atoms with van der Waals surface area (Å²) in [6.07, 6.45) is 3.31. The standard InChI is InChI=1S/C16H22FNO2S/c17-14-5-1-2-6-15(14)21-11-8-16(20)18-9-3-4-13(12-18)7-10-19/h1-2,5-6,13,19H,3-4,7-12H2. The number of halogens is 1. The maximum Gasteiger partial charge on any atom is 0.223 e. The summed E-state index contributed by atoms with van der Waals surface area (Å²) in [6, 6.07) is 6.65. The van der Waals surface area contributed by atoms with Crippen LogP contribution in [0.5, 0.6) is 0 Å². The van der Waals surface area contributed by atoms with Crippen LogP contribution in [0.15, 0.2) is 29.2 Å². The summed E-state index contributed by atoms with van der Waals surface area (Å²) in [5, 5.41) is 8.99. The second-order valence-corrected chi connectivity index (χ2v) is 6.53. The van der Waals surface area contributed by atoms with E-state index in [0.29, 0.717) is 23.0 Å². The number of hydrogen-bond donors (Lipinski definition) is 1. The first-order valence-corrected chi connectivity index (χ1v) is 8.45. The van der Waals surface area contributed by atoms with Gasteiger partial charge in [0.1, 0.15) is 5.82 Å². The number of hydrogen-bond acceptors (Lipinski definition) is 3. The number of carbonyl (C=O) groups is 1. The molecule has 1 unspecified atom stereocenters. The highest BCUT2D eigenvalue weighted by molar-refractivity contribution is 7.99. The molecule has 0 radical (unpaired) electrons. The Kier molecular flexibility index (Phi) is 6.51. The second-order valence-electron chi connectivity index (χ2n) is 5.39. The molecule has 1 N–H and O–H groups in total. The topological polar surface area (TPSA) is 40.5 Å². The number of aliphatic hydroxyl groups excluding tert-OH is 1. The van der Waals surface area contributed by atoms with Gasteiger partial charge in [-0.1, -0.05) is 12.1 Å². The van der Waals surface area contributed by atoms with E-state index in [2.05, 4.69) is 0 Å². The number of aliphatic hydroxyl groups is 1. The highest BCUT2D eigenvalue weighted by atomic mass is 32.2. The van der Waals surface area contributed by atoms with Crippen molar-refractivity contribution in [3.8, 4) is 0 Å². The molecule has 1 heterocycles. The monoisotopic (exact) mass is 311 g/mol. The van der Waals surface area contributed by atoms with E-state index in [1.165, 1.54) is 17.8 Å². The SMILES string of the molecule is O=C(CCSc1ccccc1F)N1CCCC(CCO)C1. The summed E-state index contributed by atoms with van der Waals surface area (Å²) < 4.78 is 13.5. The second kappa shape index (κ2) is 8.39. The molecule has 21 heavy (non-hydrogen) atoms. The molecule has 1 aromatic rings. The molecule has 0 bridgehead atoms. The lowest BCUT2D eigenvalue weighted by Crippen LogP contribution is -2.40. The normalized spacial score (nSPS) is 18.8. The molecule has 1 atom stereocenters. The van der Waals surface area contributed by atoms with Crippen LogP contribution in [0.25, 0.3) is 0 Å². The number of carbonyl (C=O) groups excluding carboxylic acids is 1. The molecule has 1 aliphatic rings. The van der Waals surface area contributed by atoms with Crippen LogP contribution in [0, 0.1) is 11.7 Å². The van der Waals surface area contributed by atoms with Crippen LogP contribution < -0.4 is 0 Å². The van der Waals surface area contributed by atoms with Crippen molar-refractivity contribution in [2.75, 3.05) is 25.4 Å². The molecular weight excluding hydrogens is 289 g/mol. The average molecular weight is 311 g/mol. The van der Waals surface area contributed by atoms with E-state index in [-0.39, 0.29) is 18.3 Å². The minimum Gasteiger partial charge on any atom is -0.396 e. The Balaban J connectivity index is 1.75. The van der Waals surface area contributed by atoms with Gasteiger partial charge in [-0.2, -0.15) is 0 Å². The van der Waals surface area contributed by atoms with Crippen molar-refractivity contribution in [1.82, 2.24) is 4.90 Å². The van der Waals surface area contributed by atoms with E-state index in [4.69, 9.17) is 5.11 Å². The lowest BCUT2D eigenvalue weighted by Gasteiger charge is -2.32. The first-order chi connectivity index (χ1) is 10.2. The molecule has 2 rings (SSSR count). The zero-order valence-corrected chi connectivity index (χ0v) is 12.9. The molecule has 0 spiro atoms. The molecule has 5 heteroatoms. The van der Waals surface area contributed by atoms with Crippen molar-refractivity contribution in [2.45, 2.75) is 30.6 Å². The van der Waals surface area contributed by atoms with Gasteiger partial charge in [0.25, 0.3) is 0 Å². The number of piperidine rings is 1. The molecular formula is C16H22FNO2S. The number of likely N-dealkylation sites (tertiary alicyclic amines) is 1. The molecule has 1 aromatic carbocycles. The van der Waals surface area contributed by atoms with E-state index in [0.717, 1.165) is 32.4 Å². The van der Waals surface area contributed by atoms with Gasteiger partial charge in [-0.3, -0.25) is 4.79 Å². The van der Waals surface area contributed by atoms with Crippen molar-refractivity contribution in [3.63, 3.8) is 0 Å². The summed E-state index contributed by atoms with van der Waals surface area (Å²) >= 11 is 1.39. The smallest absolute Gasteiger partial charge is 0.223 e. The van der Waals surface area contributed by atoms with Crippen LogP contribution in [0.4, 0.5) is 4.39 Å². The summed E-state index contributed by atoms with van der Waals surface area (Å²) in [5.41, 5.74) is 0. The van der Waals surface area contributed by atoms with Crippen molar-refractivity contribution >= 4 is 17.7 Å². The number of thioether (sulfide) groups is 1. The van der Waals surface area contributed by atoms with Gasteiger partial charge in [0.2, 0.25) is 5.91 Å². The maximum atomic E-state index is 13.5.